The number of rotatable bonds is 9. The highest BCUT2D eigenvalue weighted by atomic mass is 16.4. The van der Waals surface area contributed by atoms with Gasteiger partial charge in [0.15, 0.2) is 0 Å². The first-order chi connectivity index (χ1) is 9.91. The molecule has 21 heavy (non-hydrogen) atoms. The molecule has 0 bridgehead atoms. The van der Waals surface area contributed by atoms with Gasteiger partial charge in [-0.3, -0.25) is 9.69 Å². The van der Waals surface area contributed by atoms with E-state index in [1.807, 2.05) is 24.3 Å². The number of carboxylic acid groups (broad SMARTS) is 1. The molecule has 0 aliphatic heterocycles. The molecule has 0 amide bonds. The van der Waals surface area contributed by atoms with Gasteiger partial charge in [0.05, 0.1) is 6.42 Å². The van der Waals surface area contributed by atoms with Crippen molar-refractivity contribution in [2.75, 3.05) is 13.1 Å². The zero-order valence-corrected chi connectivity index (χ0v) is 13.6. The summed E-state index contributed by atoms with van der Waals surface area (Å²) in [6.45, 7) is 11.5. The molecule has 4 nitrogen and oxygen atoms in total. The standard InChI is InChI=1S/C17H28N2O2/c1-13(2)19(14(3)4)10-9-18-12-16-8-6-5-7-15(16)11-17(20)21/h5-8,13-14,18H,9-12H2,1-4H3,(H,20,21). The second-order valence-electron chi connectivity index (χ2n) is 5.94. The van der Waals surface area contributed by atoms with E-state index < -0.39 is 5.97 Å². The summed E-state index contributed by atoms with van der Waals surface area (Å²) in [5, 5.41) is 12.4. The molecular weight excluding hydrogens is 264 g/mol. The Kier molecular flexibility index (Phi) is 7.40. The van der Waals surface area contributed by atoms with Gasteiger partial charge in [-0.05, 0) is 38.8 Å². The molecule has 0 aliphatic rings. The first kappa shape index (κ1) is 17.7. The molecule has 4 heteroatoms. The first-order valence-corrected chi connectivity index (χ1v) is 7.66. The van der Waals surface area contributed by atoms with Crippen molar-refractivity contribution in [2.24, 2.45) is 0 Å². The second kappa shape index (κ2) is 8.80. The molecule has 0 saturated heterocycles. The largest absolute Gasteiger partial charge is 0.481 e. The fourth-order valence-corrected chi connectivity index (χ4v) is 2.61. The highest BCUT2D eigenvalue weighted by molar-refractivity contribution is 5.70. The normalized spacial score (nSPS) is 11.6. The van der Waals surface area contributed by atoms with Crippen LogP contribution >= 0.6 is 0 Å². The third kappa shape index (κ3) is 6.27. The number of carbonyl (C=O) groups is 1. The van der Waals surface area contributed by atoms with Crippen LogP contribution in [0.15, 0.2) is 24.3 Å². The maximum atomic E-state index is 10.9. The zero-order valence-electron chi connectivity index (χ0n) is 13.6. The van der Waals surface area contributed by atoms with Gasteiger partial charge in [0, 0.05) is 31.7 Å². The Morgan fingerprint density at radius 1 is 1.14 bits per heavy atom. The summed E-state index contributed by atoms with van der Waals surface area (Å²) < 4.78 is 0. The number of carboxylic acids is 1. The highest BCUT2D eigenvalue weighted by Crippen LogP contribution is 2.09. The average molecular weight is 292 g/mol. The van der Waals surface area contributed by atoms with Crippen molar-refractivity contribution in [3.8, 4) is 0 Å². The molecule has 0 aromatic heterocycles. The van der Waals surface area contributed by atoms with Crippen LogP contribution in [0, 0.1) is 0 Å². The summed E-state index contributed by atoms with van der Waals surface area (Å²) in [5.41, 5.74) is 1.96. The van der Waals surface area contributed by atoms with E-state index in [0.29, 0.717) is 18.6 Å². The monoisotopic (exact) mass is 292 g/mol. The lowest BCUT2D eigenvalue weighted by Gasteiger charge is -2.30. The summed E-state index contributed by atoms with van der Waals surface area (Å²) in [6.07, 6.45) is 0.0853. The van der Waals surface area contributed by atoms with Gasteiger partial charge in [-0.15, -0.1) is 0 Å². The van der Waals surface area contributed by atoms with E-state index in [9.17, 15) is 4.79 Å². The predicted molar refractivity (Wildman–Crippen MR) is 86.5 cm³/mol. The van der Waals surface area contributed by atoms with E-state index in [2.05, 4.69) is 37.9 Å². The highest BCUT2D eigenvalue weighted by Gasteiger charge is 2.12. The number of nitrogens with one attached hydrogen (secondary N) is 1. The van der Waals surface area contributed by atoms with Gasteiger partial charge in [0.2, 0.25) is 0 Å². The molecule has 2 N–H and O–H groups in total. The lowest BCUT2D eigenvalue weighted by molar-refractivity contribution is -0.136. The minimum atomic E-state index is -0.784. The predicted octanol–water partition coefficient (Wildman–Crippen LogP) is 2.52. The SMILES string of the molecule is CC(C)N(CCNCc1ccccc1CC(=O)O)C(C)C. The number of nitrogens with zero attached hydrogens (tertiary/aromatic N) is 1. The van der Waals surface area contributed by atoms with Crippen molar-refractivity contribution in [1.29, 1.82) is 0 Å². The van der Waals surface area contributed by atoms with Crippen LogP contribution in [0.4, 0.5) is 0 Å². The van der Waals surface area contributed by atoms with Crippen LogP contribution in [0.5, 0.6) is 0 Å². The summed E-state index contributed by atoms with van der Waals surface area (Å²) >= 11 is 0. The fraction of sp³-hybridized carbons (Fsp3) is 0.588. The summed E-state index contributed by atoms with van der Waals surface area (Å²) in [7, 11) is 0. The van der Waals surface area contributed by atoms with Gasteiger partial charge >= 0.3 is 5.97 Å². The molecule has 0 heterocycles. The Bertz CT molecular complexity index is 436. The number of hydrogen-bond acceptors (Lipinski definition) is 3. The van der Waals surface area contributed by atoms with Crippen LogP contribution < -0.4 is 5.32 Å². The van der Waals surface area contributed by atoms with Crippen LogP contribution in [0.3, 0.4) is 0 Å². The molecule has 0 aliphatic carbocycles. The van der Waals surface area contributed by atoms with Crippen molar-refractivity contribution >= 4 is 5.97 Å². The summed E-state index contributed by atoms with van der Waals surface area (Å²) in [6, 6.07) is 8.79. The first-order valence-electron chi connectivity index (χ1n) is 7.66. The minimum Gasteiger partial charge on any atom is -0.481 e. The Morgan fingerprint density at radius 2 is 1.71 bits per heavy atom. The molecule has 0 radical (unpaired) electrons. The maximum absolute atomic E-state index is 10.9. The molecule has 0 atom stereocenters. The Morgan fingerprint density at radius 3 is 2.24 bits per heavy atom. The topological polar surface area (TPSA) is 52.6 Å². The van der Waals surface area contributed by atoms with Crippen molar-refractivity contribution in [1.82, 2.24) is 10.2 Å². The fourth-order valence-electron chi connectivity index (χ4n) is 2.61. The van der Waals surface area contributed by atoms with E-state index in [4.69, 9.17) is 5.11 Å². The molecule has 0 saturated carbocycles. The zero-order chi connectivity index (χ0) is 15.8. The molecule has 1 aromatic rings. The molecule has 0 spiro atoms. The minimum absolute atomic E-state index is 0.0853. The van der Waals surface area contributed by atoms with Crippen molar-refractivity contribution in [3.63, 3.8) is 0 Å². The molecule has 1 aromatic carbocycles. The summed E-state index contributed by atoms with van der Waals surface area (Å²) in [5.74, 6) is -0.784. The Hall–Kier alpha value is -1.39. The van der Waals surface area contributed by atoms with Gasteiger partial charge in [-0.1, -0.05) is 24.3 Å². The number of hydrogen-bond donors (Lipinski definition) is 2. The molecule has 118 valence electrons. The van der Waals surface area contributed by atoms with Crippen LogP contribution in [0.1, 0.15) is 38.8 Å². The summed E-state index contributed by atoms with van der Waals surface area (Å²) in [4.78, 5) is 13.3. The van der Waals surface area contributed by atoms with Gasteiger partial charge in [0.25, 0.3) is 0 Å². The van der Waals surface area contributed by atoms with Gasteiger partial charge < -0.3 is 10.4 Å². The van der Waals surface area contributed by atoms with E-state index >= 15 is 0 Å². The smallest absolute Gasteiger partial charge is 0.307 e. The Labute approximate surface area is 128 Å². The van der Waals surface area contributed by atoms with Crippen LogP contribution in [0.2, 0.25) is 0 Å². The molecular formula is C17H28N2O2. The number of benzene rings is 1. The van der Waals surface area contributed by atoms with E-state index in [-0.39, 0.29) is 6.42 Å². The van der Waals surface area contributed by atoms with Crippen LogP contribution in [-0.4, -0.2) is 41.1 Å². The maximum Gasteiger partial charge on any atom is 0.307 e. The van der Waals surface area contributed by atoms with Gasteiger partial charge in [-0.2, -0.15) is 0 Å². The number of aliphatic carboxylic acids is 1. The molecule has 1 rings (SSSR count). The quantitative estimate of drug-likeness (QED) is 0.687. The lowest BCUT2D eigenvalue weighted by atomic mass is 10.0. The Balaban J connectivity index is 2.47. The van der Waals surface area contributed by atoms with Crippen LogP contribution in [-0.2, 0) is 17.8 Å². The lowest BCUT2D eigenvalue weighted by Crippen LogP contribution is -2.41. The van der Waals surface area contributed by atoms with Crippen molar-refractivity contribution < 1.29 is 9.90 Å². The van der Waals surface area contributed by atoms with Crippen LogP contribution in [0.25, 0.3) is 0 Å². The molecule has 0 unspecified atom stereocenters. The van der Waals surface area contributed by atoms with Crippen molar-refractivity contribution in [3.05, 3.63) is 35.4 Å². The van der Waals surface area contributed by atoms with Gasteiger partial charge in [-0.25, -0.2) is 0 Å². The second-order valence-corrected chi connectivity index (χ2v) is 5.94. The molecule has 0 fully saturated rings. The van der Waals surface area contributed by atoms with E-state index in [1.54, 1.807) is 0 Å². The van der Waals surface area contributed by atoms with Crippen molar-refractivity contribution in [2.45, 2.75) is 52.7 Å². The van der Waals surface area contributed by atoms with E-state index in [0.717, 1.165) is 24.2 Å². The van der Waals surface area contributed by atoms with E-state index in [1.165, 1.54) is 0 Å². The third-order valence-electron chi connectivity index (χ3n) is 3.65. The average Bonchev–Trinajstić information content (AvgIpc) is 2.38. The van der Waals surface area contributed by atoms with Gasteiger partial charge in [0.1, 0.15) is 0 Å². The third-order valence-corrected chi connectivity index (χ3v) is 3.65.